The molecule has 0 radical (unpaired) electrons. The monoisotopic (exact) mass is 658 g/mol. The Kier molecular flexibility index (Phi) is 13.6. The Bertz CT molecular complexity index is 1300. The number of hydrogen-bond acceptors (Lipinski definition) is 9. The number of halogens is 1. The number of H-pyrrole nitrogens is 1. The van der Waals surface area contributed by atoms with Crippen molar-refractivity contribution in [3.8, 4) is 0 Å². The van der Waals surface area contributed by atoms with Gasteiger partial charge in [-0.1, -0.05) is 0 Å². The number of nitrogens with one attached hydrogen (secondary N) is 3. The van der Waals surface area contributed by atoms with E-state index in [2.05, 4.69) is 25.6 Å². The van der Waals surface area contributed by atoms with Gasteiger partial charge in [0, 0.05) is 17.7 Å². The van der Waals surface area contributed by atoms with Crippen LogP contribution in [-0.2, 0) is 9.53 Å². The first-order valence-corrected chi connectivity index (χ1v) is 14.6. The smallest absolute Gasteiger partial charge is 0.408 e. The van der Waals surface area contributed by atoms with Crippen molar-refractivity contribution in [2.45, 2.75) is 142 Å². The maximum atomic E-state index is 12.6. The Labute approximate surface area is 272 Å². The molecule has 0 bridgehead atoms. The quantitative estimate of drug-likeness (QED) is 0.223. The lowest BCUT2D eigenvalue weighted by Gasteiger charge is -2.37. The van der Waals surface area contributed by atoms with Crippen LogP contribution < -0.4 is 16.4 Å². The molecule has 2 heterocycles. The van der Waals surface area contributed by atoms with E-state index < -0.39 is 45.5 Å². The molecule has 13 nitrogen and oxygen atoms in total. The van der Waals surface area contributed by atoms with Gasteiger partial charge in [-0.05, 0) is 103 Å². The number of aromatic amines is 1. The highest BCUT2D eigenvalue weighted by Gasteiger charge is 2.37. The number of fused-ring (bicyclic) bond motifs is 1. The first kappa shape index (κ1) is 42.0. The van der Waals surface area contributed by atoms with E-state index in [1.165, 1.54) is 13.8 Å². The van der Waals surface area contributed by atoms with Crippen molar-refractivity contribution in [2.24, 2.45) is 5.73 Å². The molecule has 2 amide bonds. The first-order valence-electron chi connectivity index (χ1n) is 14.6. The minimum atomic E-state index is -1.32. The summed E-state index contributed by atoms with van der Waals surface area (Å²) < 4.78 is 4.91. The van der Waals surface area contributed by atoms with Gasteiger partial charge in [0.2, 0.25) is 0 Å². The second-order valence-corrected chi connectivity index (χ2v) is 14.9. The highest BCUT2D eigenvalue weighted by Crippen LogP contribution is 2.39. The number of ether oxygens (including phenoxy) is 1. The summed E-state index contributed by atoms with van der Waals surface area (Å²) in [5.41, 5.74) is 3.12. The van der Waals surface area contributed by atoms with Gasteiger partial charge in [-0.3, -0.25) is 4.79 Å². The minimum absolute atomic E-state index is 0. The predicted molar refractivity (Wildman–Crippen MR) is 177 cm³/mol. The Balaban J connectivity index is 0.000000727. The number of aromatic nitrogens is 3. The molecule has 258 valence electrons. The summed E-state index contributed by atoms with van der Waals surface area (Å²) in [6, 6.07) is 0. The van der Waals surface area contributed by atoms with Crippen LogP contribution in [0.25, 0.3) is 11.2 Å². The van der Waals surface area contributed by atoms with Gasteiger partial charge in [0.1, 0.15) is 16.7 Å². The van der Waals surface area contributed by atoms with Gasteiger partial charge in [0.05, 0.1) is 34.2 Å². The van der Waals surface area contributed by atoms with E-state index in [0.29, 0.717) is 22.6 Å². The number of carbonyl (C=O) groups excluding carboxylic acids is 2. The highest BCUT2D eigenvalue weighted by molar-refractivity contribution is 6.04. The zero-order chi connectivity index (χ0) is 34.7. The Morgan fingerprint density at radius 2 is 1.40 bits per heavy atom. The molecule has 14 heteroatoms. The fourth-order valence-electron chi connectivity index (χ4n) is 2.77. The third kappa shape index (κ3) is 13.1. The molecule has 1 fully saturated rings. The zero-order valence-corrected chi connectivity index (χ0v) is 29.8. The van der Waals surface area contributed by atoms with E-state index in [4.69, 9.17) is 15.6 Å². The molecule has 0 aromatic carbocycles. The minimum Gasteiger partial charge on any atom is -0.480 e. The van der Waals surface area contributed by atoms with Crippen LogP contribution in [0.5, 0.6) is 0 Å². The van der Waals surface area contributed by atoms with Gasteiger partial charge in [-0.15, -0.1) is 12.4 Å². The number of rotatable bonds is 7. The third-order valence-corrected chi connectivity index (χ3v) is 7.52. The van der Waals surface area contributed by atoms with Crippen LogP contribution in [0.1, 0.15) is 125 Å². The SMILES string of the molecule is CC(C)(C)OC(=O)NC(C)(C)C(=O)O.CC(C)(N)C(C)(C)O.CC(C)(O)C(C)(C)NC(=O)c1c[nH]c2ncc(C3CC3)nc12.Cl. The number of amides is 2. The van der Waals surface area contributed by atoms with Crippen molar-refractivity contribution in [3.05, 3.63) is 23.7 Å². The number of carboxylic acid groups (broad SMARTS) is 1. The average molecular weight is 659 g/mol. The lowest BCUT2D eigenvalue weighted by molar-refractivity contribution is -0.143. The summed E-state index contributed by atoms with van der Waals surface area (Å²) in [6.07, 6.45) is 4.94. The summed E-state index contributed by atoms with van der Waals surface area (Å²) in [6.45, 7) is 21.8. The number of nitrogens with zero attached hydrogens (tertiary/aromatic N) is 2. The molecule has 0 spiro atoms. The van der Waals surface area contributed by atoms with Gasteiger partial charge in [-0.2, -0.15) is 0 Å². The van der Waals surface area contributed by atoms with E-state index in [0.717, 1.165) is 18.5 Å². The van der Waals surface area contributed by atoms with Crippen LogP contribution in [-0.4, -0.2) is 81.7 Å². The molecule has 0 aliphatic heterocycles. The summed E-state index contributed by atoms with van der Waals surface area (Å²) in [4.78, 5) is 46.3. The topological polar surface area (TPSA) is 213 Å². The zero-order valence-electron chi connectivity index (χ0n) is 29.0. The van der Waals surface area contributed by atoms with Gasteiger partial charge in [0.15, 0.2) is 5.65 Å². The molecule has 8 N–H and O–H groups in total. The molecule has 0 unspecified atom stereocenters. The maximum absolute atomic E-state index is 12.6. The molecule has 0 atom stereocenters. The van der Waals surface area contributed by atoms with E-state index in [9.17, 15) is 24.6 Å². The number of carbonyl (C=O) groups is 3. The van der Waals surface area contributed by atoms with E-state index in [-0.39, 0.29) is 18.3 Å². The van der Waals surface area contributed by atoms with Crippen molar-refractivity contribution in [1.29, 1.82) is 0 Å². The Morgan fingerprint density at radius 1 is 0.911 bits per heavy atom. The number of aliphatic hydroxyl groups is 2. The normalized spacial score (nSPS) is 14.1. The van der Waals surface area contributed by atoms with Crippen molar-refractivity contribution in [3.63, 3.8) is 0 Å². The lowest BCUT2D eigenvalue weighted by Crippen LogP contribution is -2.57. The number of alkyl carbamates (subject to hydrolysis) is 1. The van der Waals surface area contributed by atoms with Crippen molar-refractivity contribution >= 4 is 41.5 Å². The van der Waals surface area contributed by atoms with Crippen molar-refractivity contribution in [1.82, 2.24) is 25.6 Å². The van der Waals surface area contributed by atoms with Crippen LogP contribution in [0.3, 0.4) is 0 Å². The van der Waals surface area contributed by atoms with Crippen molar-refractivity contribution in [2.75, 3.05) is 0 Å². The molecular weight excluding hydrogens is 604 g/mol. The standard InChI is InChI=1S/C16H22N4O2.C9H17NO4.C6H15NO.ClH/c1-15(2,16(3,4)22)20-14(21)10-7-17-13-12(10)19-11(8-18-13)9-5-6-9;1-8(2,3)14-7(13)10-9(4,5)6(11)12;1-5(2,7)6(3,4)8;/h7-9,22H,5-6H2,1-4H3,(H,17,18)(H,20,21);1-5H3,(H,10,13)(H,11,12);8H,7H2,1-4H3;1H. The van der Waals surface area contributed by atoms with Gasteiger partial charge in [-0.25, -0.2) is 19.6 Å². The molecule has 1 aliphatic rings. The molecule has 3 rings (SSSR count). The highest BCUT2D eigenvalue weighted by atomic mass is 35.5. The summed E-state index contributed by atoms with van der Waals surface area (Å²) >= 11 is 0. The number of carboxylic acids is 1. The Hall–Kier alpha value is -3.00. The van der Waals surface area contributed by atoms with Gasteiger partial charge >= 0.3 is 12.1 Å². The molecule has 1 aliphatic carbocycles. The van der Waals surface area contributed by atoms with Crippen LogP contribution >= 0.6 is 12.4 Å². The van der Waals surface area contributed by atoms with E-state index >= 15 is 0 Å². The van der Waals surface area contributed by atoms with Gasteiger partial charge < -0.3 is 41.4 Å². The predicted octanol–water partition coefficient (Wildman–Crippen LogP) is 4.41. The number of hydrogen-bond donors (Lipinski definition) is 7. The Morgan fingerprint density at radius 3 is 1.78 bits per heavy atom. The van der Waals surface area contributed by atoms with E-state index in [1.807, 2.05) is 0 Å². The van der Waals surface area contributed by atoms with Crippen LogP contribution in [0, 0.1) is 0 Å². The fourth-order valence-corrected chi connectivity index (χ4v) is 2.77. The second kappa shape index (κ2) is 14.6. The third-order valence-electron chi connectivity index (χ3n) is 7.52. The van der Waals surface area contributed by atoms with Crippen LogP contribution in [0.15, 0.2) is 12.4 Å². The average Bonchev–Trinajstić information content (AvgIpc) is 3.54. The van der Waals surface area contributed by atoms with E-state index in [1.54, 1.807) is 88.6 Å². The molecule has 45 heavy (non-hydrogen) atoms. The largest absolute Gasteiger partial charge is 0.480 e. The summed E-state index contributed by atoms with van der Waals surface area (Å²) in [5, 5.41) is 33.3. The van der Waals surface area contributed by atoms with Gasteiger partial charge in [0.25, 0.3) is 5.91 Å². The molecule has 2 aromatic rings. The molecule has 1 saturated carbocycles. The molecule has 2 aromatic heterocycles. The maximum Gasteiger partial charge on any atom is 0.408 e. The lowest BCUT2D eigenvalue weighted by atomic mass is 9.86. The molecular formula is C31H55ClN6O7. The summed E-state index contributed by atoms with van der Waals surface area (Å²) in [7, 11) is 0. The van der Waals surface area contributed by atoms with Crippen LogP contribution in [0.2, 0.25) is 0 Å². The first-order chi connectivity index (χ1) is 19.5. The number of aliphatic carboxylic acids is 1. The summed E-state index contributed by atoms with van der Waals surface area (Å²) in [5.74, 6) is -0.889. The number of nitrogens with two attached hydrogens (primary N) is 1. The molecule has 0 saturated heterocycles. The van der Waals surface area contributed by atoms with Crippen molar-refractivity contribution < 1.29 is 34.4 Å². The second-order valence-electron chi connectivity index (χ2n) is 14.9. The fraction of sp³-hybridized carbons (Fsp3) is 0.710. The van der Waals surface area contributed by atoms with Crippen LogP contribution in [0.4, 0.5) is 4.79 Å².